The highest BCUT2D eigenvalue weighted by molar-refractivity contribution is 5.86. The second-order valence-corrected chi connectivity index (χ2v) is 8.18. The van der Waals surface area contributed by atoms with E-state index in [4.69, 9.17) is 4.74 Å². The lowest BCUT2D eigenvalue weighted by Crippen LogP contribution is -2.43. The highest BCUT2D eigenvalue weighted by Gasteiger charge is 2.38. The van der Waals surface area contributed by atoms with Gasteiger partial charge in [0.05, 0.1) is 25.5 Å². The summed E-state index contributed by atoms with van der Waals surface area (Å²) in [6.07, 6.45) is 2.00. The van der Waals surface area contributed by atoms with Gasteiger partial charge in [-0.1, -0.05) is 0 Å². The van der Waals surface area contributed by atoms with E-state index in [1.807, 2.05) is 0 Å². The molecule has 0 aliphatic carbocycles. The number of aromatic nitrogens is 2. The van der Waals surface area contributed by atoms with Gasteiger partial charge < -0.3 is 19.7 Å². The molecule has 31 heavy (non-hydrogen) atoms. The fourth-order valence-corrected chi connectivity index (χ4v) is 3.40. The number of amides is 1. The maximum Gasteiger partial charge on any atom is 0.407 e. The van der Waals surface area contributed by atoms with Gasteiger partial charge in [0, 0.05) is 19.0 Å². The first kappa shape index (κ1) is 22.4. The van der Waals surface area contributed by atoms with E-state index in [-0.39, 0.29) is 24.3 Å². The number of benzene rings is 1. The molecule has 1 aromatic heterocycles. The molecule has 3 rings (SSSR count). The summed E-state index contributed by atoms with van der Waals surface area (Å²) in [5, 5.41) is 2.75. The van der Waals surface area contributed by atoms with E-state index in [0.29, 0.717) is 5.82 Å². The predicted molar refractivity (Wildman–Crippen MR) is 108 cm³/mol. The van der Waals surface area contributed by atoms with Gasteiger partial charge in [0.1, 0.15) is 23.1 Å². The number of methoxy groups -OCH3 is 1. The number of nitrogens with one attached hydrogen (secondary N) is 1. The Hall–Kier alpha value is -3.30. The molecule has 8 nitrogen and oxygen atoms in total. The summed E-state index contributed by atoms with van der Waals surface area (Å²) in [6, 6.07) is 2.65. The zero-order chi connectivity index (χ0) is 22.8. The highest BCUT2D eigenvalue weighted by atomic mass is 19.1. The fourth-order valence-electron chi connectivity index (χ4n) is 3.40. The molecule has 2 unspecified atom stereocenters. The van der Waals surface area contributed by atoms with Crippen LogP contribution in [0, 0.1) is 11.6 Å². The van der Waals surface area contributed by atoms with Gasteiger partial charge in [0.2, 0.25) is 0 Å². The van der Waals surface area contributed by atoms with E-state index in [0.717, 1.165) is 18.2 Å². The Morgan fingerprint density at radius 1 is 1.16 bits per heavy atom. The Labute approximate surface area is 178 Å². The van der Waals surface area contributed by atoms with E-state index in [9.17, 15) is 18.4 Å². The average Bonchev–Trinajstić information content (AvgIpc) is 3.11. The number of nitrogens with zero attached hydrogens (tertiary/aromatic N) is 3. The van der Waals surface area contributed by atoms with Crippen LogP contribution < -0.4 is 10.2 Å². The van der Waals surface area contributed by atoms with Gasteiger partial charge in [-0.2, -0.15) is 0 Å². The number of carbonyl (C=O) groups is 2. The summed E-state index contributed by atoms with van der Waals surface area (Å²) in [4.78, 5) is 33.9. The van der Waals surface area contributed by atoms with E-state index >= 15 is 0 Å². The van der Waals surface area contributed by atoms with Crippen LogP contribution in [-0.4, -0.2) is 53.9 Å². The van der Waals surface area contributed by atoms with Gasteiger partial charge in [-0.25, -0.2) is 28.3 Å². The number of hydrogen-bond donors (Lipinski definition) is 1. The molecule has 1 aliphatic heterocycles. The van der Waals surface area contributed by atoms with Crippen molar-refractivity contribution in [3.05, 3.63) is 53.5 Å². The van der Waals surface area contributed by atoms with Gasteiger partial charge in [-0.3, -0.25) is 0 Å². The van der Waals surface area contributed by atoms with E-state index in [1.54, 1.807) is 25.7 Å². The number of ether oxygens (including phenoxy) is 2. The third kappa shape index (κ3) is 5.44. The molecule has 2 atom stereocenters. The lowest BCUT2D eigenvalue weighted by Gasteiger charge is -2.24. The van der Waals surface area contributed by atoms with Crippen LogP contribution in [0.15, 0.2) is 30.6 Å². The molecule has 0 bridgehead atoms. The molecule has 166 valence electrons. The van der Waals surface area contributed by atoms with Gasteiger partial charge >= 0.3 is 12.1 Å². The summed E-state index contributed by atoms with van der Waals surface area (Å²) >= 11 is 0. The number of carbonyl (C=O) groups excluding carboxylic acids is 2. The Balaban J connectivity index is 1.86. The van der Waals surface area contributed by atoms with Crippen LogP contribution in [0.1, 0.15) is 42.7 Å². The molecular weight excluding hydrogens is 410 g/mol. The zero-order valence-corrected chi connectivity index (χ0v) is 17.7. The lowest BCUT2D eigenvalue weighted by atomic mass is 9.94. The zero-order valence-electron chi connectivity index (χ0n) is 17.7. The molecule has 10 heteroatoms. The first-order valence-corrected chi connectivity index (χ1v) is 9.67. The molecular formula is C21H24F2N4O4. The van der Waals surface area contributed by atoms with Crippen molar-refractivity contribution in [1.29, 1.82) is 0 Å². The smallest absolute Gasteiger partial charge is 0.407 e. The molecule has 0 saturated carbocycles. The molecule has 1 saturated heterocycles. The number of alkyl carbamates (subject to hydrolysis) is 1. The van der Waals surface area contributed by atoms with Crippen LogP contribution in [-0.2, 0) is 9.47 Å². The normalized spacial score (nSPS) is 18.6. The van der Waals surface area contributed by atoms with Crippen LogP contribution in [0.4, 0.5) is 19.4 Å². The molecule has 1 amide bonds. The molecule has 2 heterocycles. The van der Waals surface area contributed by atoms with Crippen molar-refractivity contribution in [2.45, 2.75) is 38.3 Å². The maximum absolute atomic E-state index is 14.5. The van der Waals surface area contributed by atoms with Crippen molar-refractivity contribution >= 4 is 17.9 Å². The number of esters is 1. The van der Waals surface area contributed by atoms with E-state index < -0.39 is 41.3 Å². The summed E-state index contributed by atoms with van der Waals surface area (Å²) < 4.78 is 38.3. The average molecular weight is 434 g/mol. The van der Waals surface area contributed by atoms with Crippen molar-refractivity contribution in [3.8, 4) is 0 Å². The minimum atomic E-state index is -0.711. The molecule has 0 radical (unpaired) electrons. The van der Waals surface area contributed by atoms with Crippen LogP contribution in [0.2, 0.25) is 0 Å². The van der Waals surface area contributed by atoms with Crippen LogP contribution in [0.3, 0.4) is 0 Å². The third-order valence-electron chi connectivity index (χ3n) is 4.74. The molecule has 0 spiro atoms. The Bertz CT molecular complexity index is 963. The van der Waals surface area contributed by atoms with Crippen LogP contribution >= 0.6 is 0 Å². The van der Waals surface area contributed by atoms with Gasteiger partial charge in [0.25, 0.3) is 0 Å². The summed E-state index contributed by atoms with van der Waals surface area (Å²) in [5.74, 6) is -1.91. The summed E-state index contributed by atoms with van der Waals surface area (Å²) in [5.41, 5.74) is -0.527. The highest BCUT2D eigenvalue weighted by Crippen LogP contribution is 2.32. The summed E-state index contributed by atoms with van der Waals surface area (Å²) in [7, 11) is 1.24. The molecule has 1 aromatic carbocycles. The number of anilines is 1. The fraction of sp³-hybridized carbons (Fsp3) is 0.429. The number of halogens is 2. The second kappa shape index (κ2) is 8.83. The van der Waals surface area contributed by atoms with E-state index in [2.05, 4.69) is 20.0 Å². The second-order valence-electron chi connectivity index (χ2n) is 8.18. The largest absolute Gasteiger partial charge is 0.464 e. The molecule has 1 aliphatic rings. The van der Waals surface area contributed by atoms with E-state index in [1.165, 1.54) is 19.5 Å². The van der Waals surface area contributed by atoms with Crippen LogP contribution in [0.25, 0.3) is 0 Å². The summed E-state index contributed by atoms with van der Waals surface area (Å²) in [6.45, 7) is 5.69. The minimum Gasteiger partial charge on any atom is -0.464 e. The first-order valence-electron chi connectivity index (χ1n) is 9.67. The Kier molecular flexibility index (Phi) is 6.37. The van der Waals surface area contributed by atoms with Crippen molar-refractivity contribution in [2.75, 3.05) is 25.1 Å². The van der Waals surface area contributed by atoms with Crippen molar-refractivity contribution in [2.24, 2.45) is 0 Å². The Morgan fingerprint density at radius 3 is 2.52 bits per heavy atom. The topological polar surface area (TPSA) is 93.7 Å². The van der Waals surface area contributed by atoms with Gasteiger partial charge in [-0.15, -0.1) is 0 Å². The monoisotopic (exact) mass is 434 g/mol. The molecule has 2 aromatic rings. The SMILES string of the molecule is COC(=O)c1cnc(N2CC(NC(=O)OC(C)(C)C)C(c3cc(F)ccc3F)C2)cn1. The molecule has 1 fully saturated rings. The van der Waals surface area contributed by atoms with Crippen molar-refractivity contribution < 1.29 is 27.8 Å². The molecule has 1 N–H and O–H groups in total. The number of hydrogen-bond acceptors (Lipinski definition) is 7. The van der Waals surface area contributed by atoms with Crippen LogP contribution in [0.5, 0.6) is 0 Å². The predicted octanol–water partition coefficient (Wildman–Crippen LogP) is 3.04. The van der Waals surface area contributed by atoms with Crippen molar-refractivity contribution in [1.82, 2.24) is 15.3 Å². The van der Waals surface area contributed by atoms with Crippen molar-refractivity contribution in [3.63, 3.8) is 0 Å². The maximum atomic E-state index is 14.5. The third-order valence-corrected chi connectivity index (χ3v) is 4.74. The lowest BCUT2D eigenvalue weighted by molar-refractivity contribution is 0.0503. The number of rotatable bonds is 4. The first-order chi connectivity index (χ1) is 14.6. The van der Waals surface area contributed by atoms with Gasteiger partial charge in [-0.05, 0) is 44.5 Å². The standard InChI is InChI=1S/C21H24F2N4O4/c1-21(2,3)31-20(29)26-17-11-27(18-9-24-16(8-25-18)19(28)30-4)10-14(17)13-7-12(22)5-6-15(13)23/h5-9,14,17H,10-11H2,1-4H3,(H,26,29). The minimum absolute atomic E-state index is 0.0431. The quantitative estimate of drug-likeness (QED) is 0.740. The van der Waals surface area contributed by atoms with Gasteiger partial charge in [0.15, 0.2) is 5.69 Å². The Morgan fingerprint density at radius 2 is 1.90 bits per heavy atom.